The number of nitrogens with two attached hydrogens (primary N) is 1. The Morgan fingerprint density at radius 2 is 1.59 bits per heavy atom. The maximum absolute atomic E-state index is 8.73. The standard InChI is InChI=1S/C29H40N6O3S/c1-31-29-32-27(26(39-29)14-15-35-18-16-34(2)17-19-35)22-6-10-24(11-7-22)37-20-4-3-5-21-38-25-12-8-23(9-13-25)28(30)33-36/h6-13,36H,3-5,14-21H2,1-2H3,(H2,30,33)(H,31,32). The van der Waals surface area contributed by atoms with E-state index in [2.05, 4.69) is 39.5 Å². The first kappa shape index (κ1) is 28.7. The third kappa shape index (κ3) is 8.58. The number of hydrogen-bond donors (Lipinski definition) is 3. The Balaban J connectivity index is 1.18. The number of nitrogens with one attached hydrogen (secondary N) is 1. The topological polar surface area (TPSA) is 108 Å². The smallest absolute Gasteiger partial charge is 0.183 e. The highest BCUT2D eigenvalue weighted by Gasteiger charge is 2.17. The average molecular weight is 553 g/mol. The van der Waals surface area contributed by atoms with E-state index in [0.29, 0.717) is 18.8 Å². The van der Waals surface area contributed by atoms with Gasteiger partial charge in [-0.05, 0) is 81.3 Å². The van der Waals surface area contributed by atoms with Crippen LogP contribution in [0, 0.1) is 0 Å². The molecule has 1 aliphatic rings. The quantitative estimate of drug-likeness (QED) is 0.0890. The van der Waals surface area contributed by atoms with Gasteiger partial charge >= 0.3 is 0 Å². The van der Waals surface area contributed by atoms with Crippen LogP contribution in [-0.2, 0) is 6.42 Å². The van der Waals surface area contributed by atoms with Gasteiger partial charge in [0, 0.05) is 55.8 Å². The summed E-state index contributed by atoms with van der Waals surface area (Å²) in [7, 11) is 4.12. The molecule has 4 N–H and O–H groups in total. The second-order valence-electron chi connectivity index (χ2n) is 9.73. The maximum Gasteiger partial charge on any atom is 0.183 e. The van der Waals surface area contributed by atoms with Gasteiger partial charge in [-0.1, -0.05) is 5.16 Å². The minimum atomic E-state index is 0.0868. The molecule has 0 spiro atoms. The van der Waals surface area contributed by atoms with Crippen molar-refractivity contribution in [3.05, 3.63) is 59.0 Å². The highest BCUT2D eigenvalue weighted by molar-refractivity contribution is 7.16. The number of hydrogen-bond acceptors (Lipinski definition) is 9. The van der Waals surface area contributed by atoms with Crippen molar-refractivity contribution in [1.29, 1.82) is 0 Å². The van der Waals surface area contributed by atoms with Crippen molar-refractivity contribution >= 4 is 22.3 Å². The molecule has 10 heteroatoms. The summed E-state index contributed by atoms with van der Waals surface area (Å²) in [6, 6.07) is 15.5. The molecule has 1 aromatic heterocycles. The third-order valence-electron chi connectivity index (χ3n) is 6.87. The fourth-order valence-corrected chi connectivity index (χ4v) is 5.36. The Morgan fingerprint density at radius 1 is 0.974 bits per heavy atom. The van der Waals surface area contributed by atoms with Gasteiger partial charge in [0.25, 0.3) is 0 Å². The number of unbranched alkanes of at least 4 members (excludes halogenated alkanes) is 2. The zero-order valence-corrected chi connectivity index (χ0v) is 23.8. The van der Waals surface area contributed by atoms with Crippen molar-refractivity contribution < 1.29 is 14.7 Å². The van der Waals surface area contributed by atoms with E-state index in [1.54, 1.807) is 23.5 Å². The monoisotopic (exact) mass is 552 g/mol. The fraction of sp³-hybridized carbons (Fsp3) is 0.448. The van der Waals surface area contributed by atoms with Crippen molar-refractivity contribution in [3.63, 3.8) is 0 Å². The third-order valence-corrected chi connectivity index (χ3v) is 8.01. The lowest BCUT2D eigenvalue weighted by Gasteiger charge is -2.32. The van der Waals surface area contributed by atoms with Crippen molar-refractivity contribution in [2.24, 2.45) is 10.9 Å². The van der Waals surface area contributed by atoms with Gasteiger partial charge in [0.2, 0.25) is 0 Å². The largest absolute Gasteiger partial charge is 0.494 e. The number of likely N-dealkylation sites (N-methyl/N-ethyl adjacent to an activating group) is 1. The summed E-state index contributed by atoms with van der Waals surface area (Å²) >= 11 is 1.75. The number of rotatable bonds is 14. The molecule has 210 valence electrons. The molecule has 0 amide bonds. The lowest BCUT2D eigenvalue weighted by atomic mass is 10.1. The van der Waals surface area contributed by atoms with Crippen LogP contribution < -0.4 is 20.5 Å². The Bertz CT molecular complexity index is 1170. The van der Waals surface area contributed by atoms with Crippen LogP contribution in [0.15, 0.2) is 53.7 Å². The lowest BCUT2D eigenvalue weighted by Crippen LogP contribution is -2.45. The molecule has 9 nitrogen and oxygen atoms in total. The zero-order valence-electron chi connectivity index (χ0n) is 22.9. The molecule has 4 rings (SSSR count). The number of thiazole rings is 1. The number of oxime groups is 1. The van der Waals surface area contributed by atoms with Gasteiger partial charge < -0.3 is 35.5 Å². The molecule has 0 saturated carbocycles. The van der Waals surface area contributed by atoms with E-state index in [1.807, 2.05) is 31.3 Å². The normalized spacial score (nSPS) is 14.9. The van der Waals surface area contributed by atoms with Crippen LogP contribution >= 0.6 is 11.3 Å². The van der Waals surface area contributed by atoms with Gasteiger partial charge in [0.1, 0.15) is 11.5 Å². The Labute approximate surface area is 235 Å². The number of benzene rings is 2. The molecular weight excluding hydrogens is 512 g/mol. The first-order chi connectivity index (χ1) is 19.1. The highest BCUT2D eigenvalue weighted by Crippen LogP contribution is 2.32. The molecule has 39 heavy (non-hydrogen) atoms. The molecule has 0 unspecified atom stereocenters. The first-order valence-electron chi connectivity index (χ1n) is 13.6. The molecule has 1 saturated heterocycles. The maximum atomic E-state index is 8.73. The molecular formula is C29H40N6O3S. The molecule has 2 heterocycles. The summed E-state index contributed by atoms with van der Waals surface area (Å²) in [4.78, 5) is 11.1. The number of nitrogens with zero attached hydrogens (tertiary/aromatic N) is 4. The second-order valence-corrected chi connectivity index (χ2v) is 10.8. The lowest BCUT2D eigenvalue weighted by molar-refractivity contribution is 0.156. The molecule has 2 aromatic carbocycles. The minimum absolute atomic E-state index is 0.0868. The molecule has 0 aliphatic carbocycles. The molecule has 1 fully saturated rings. The second kappa shape index (κ2) is 14.7. The minimum Gasteiger partial charge on any atom is -0.494 e. The zero-order chi connectivity index (χ0) is 27.5. The summed E-state index contributed by atoms with van der Waals surface area (Å²) in [5, 5.41) is 15.9. The SMILES string of the molecule is CNc1nc(-c2ccc(OCCCCCOc3ccc(C(N)=NO)cc3)cc2)c(CCN2CCN(C)CC2)s1. The van der Waals surface area contributed by atoms with E-state index in [-0.39, 0.29) is 5.84 Å². The molecule has 3 aromatic rings. The fourth-order valence-electron chi connectivity index (χ4n) is 4.43. The predicted molar refractivity (Wildman–Crippen MR) is 159 cm³/mol. The van der Waals surface area contributed by atoms with Crippen molar-refractivity contribution in [2.45, 2.75) is 25.7 Å². The molecule has 0 atom stereocenters. The van der Waals surface area contributed by atoms with Crippen LogP contribution in [0.5, 0.6) is 11.5 Å². The van der Waals surface area contributed by atoms with E-state index < -0.39 is 0 Å². The van der Waals surface area contributed by atoms with E-state index in [1.165, 1.54) is 4.88 Å². The van der Waals surface area contributed by atoms with Crippen LogP contribution in [0.25, 0.3) is 11.3 Å². The van der Waals surface area contributed by atoms with Gasteiger partial charge in [0.05, 0.1) is 18.9 Å². The summed E-state index contributed by atoms with van der Waals surface area (Å²) < 4.78 is 11.7. The Kier molecular flexibility index (Phi) is 10.8. The van der Waals surface area contributed by atoms with E-state index >= 15 is 0 Å². The number of piperazine rings is 1. The van der Waals surface area contributed by atoms with Crippen molar-refractivity contribution in [2.75, 3.05) is 65.3 Å². The van der Waals surface area contributed by atoms with E-state index in [0.717, 1.165) is 86.3 Å². The van der Waals surface area contributed by atoms with Crippen LogP contribution in [0.4, 0.5) is 5.13 Å². The van der Waals surface area contributed by atoms with Gasteiger partial charge in [-0.2, -0.15) is 0 Å². The van der Waals surface area contributed by atoms with Crippen LogP contribution in [0.2, 0.25) is 0 Å². The Hall–Kier alpha value is -3.34. The van der Waals surface area contributed by atoms with Gasteiger partial charge in [-0.3, -0.25) is 0 Å². The van der Waals surface area contributed by atoms with Gasteiger partial charge in [-0.15, -0.1) is 11.3 Å². The Morgan fingerprint density at radius 3 is 2.18 bits per heavy atom. The average Bonchev–Trinajstić information content (AvgIpc) is 3.40. The highest BCUT2D eigenvalue weighted by atomic mass is 32.1. The summed E-state index contributed by atoms with van der Waals surface area (Å²) in [6.45, 7) is 6.92. The predicted octanol–water partition coefficient (Wildman–Crippen LogP) is 4.36. The van der Waals surface area contributed by atoms with Crippen molar-refractivity contribution in [3.8, 4) is 22.8 Å². The van der Waals surface area contributed by atoms with E-state index in [9.17, 15) is 0 Å². The summed E-state index contributed by atoms with van der Waals surface area (Å²) in [5.41, 5.74) is 8.44. The first-order valence-corrected chi connectivity index (χ1v) is 14.4. The van der Waals surface area contributed by atoms with Crippen molar-refractivity contribution in [1.82, 2.24) is 14.8 Å². The number of amidine groups is 1. The van der Waals surface area contributed by atoms with Crippen LogP contribution in [0.1, 0.15) is 29.7 Å². The van der Waals surface area contributed by atoms with Gasteiger partial charge in [0.15, 0.2) is 11.0 Å². The molecule has 1 aliphatic heterocycles. The summed E-state index contributed by atoms with van der Waals surface area (Å²) in [6.07, 6.45) is 3.93. The summed E-state index contributed by atoms with van der Waals surface area (Å²) in [5.74, 6) is 1.73. The van der Waals surface area contributed by atoms with E-state index in [4.69, 9.17) is 25.4 Å². The number of ether oxygens (including phenoxy) is 2. The molecule has 0 radical (unpaired) electrons. The van der Waals surface area contributed by atoms with Gasteiger partial charge in [-0.25, -0.2) is 4.98 Å². The molecule has 0 bridgehead atoms. The van der Waals surface area contributed by atoms with Crippen LogP contribution in [0.3, 0.4) is 0 Å². The van der Waals surface area contributed by atoms with Crippen LogP contribution in [-0.4, -0.2) is 85.9 Å². The number of anilines is 1. The number of aromatic nitrogens is 1.